The SMILES string of the molecule is CCOC(=O)CCC(=O)N1CCC(Oc2cc(C)nc(C)n2)CC1. The third kappa shape index (κ3) is 5.47. The van der Waals surface area contributed by atoms with Crippen molar-refractivity contribution in [1.82, 2.24) is 14.9 Å². The maximum Gasteiger partial charge on any atom is 0.306 e. The highest BCUT2D eigenvalue weighted by Gasteiger charge is 2.24. The summed E-state index contributed by atoms with van der Waals surface area (Å²) in [6, 6.07) is 1.82. The van der Waals surface area contributed by atoms with Crippen LogP contribution in [0, 0.1) is 13.8 Å². The summed E-state index contributed by atoms with van der Waals surface area (Å²) >= 11 is 0. The standard InChI is InChI=1S/C17H25N3O4/c1-4-23-17(22)6-5-16(21)20-9-7-14(8-10-20)24-15-11-12(2)18-13(3)19-15/h11,14H,4-10H2,1-3H3. The molecule has 1 amide bonds. The average Bonchev–Trinajstić information content (AvgIpc) is 2.52. The third-order valence-corrected chi connectivity index (χ3v) is 3.87. The van der Waals surface area contributed by atoms with Crippen molar-refractivity contribution in [2.45, 2.75) is 52.6 Å². The summed E-state index contributed by atoms with van der Waals surface area (Å²) < 4.78 is 10.8. The predicted octanol–water partition coefficient (Wildman–Crippen LogP) is 1.81. The van der Waals surface area contributed by atoms with Crippen LogP contribution in [0.25, 0.3) is 0 Å². The minimum Gasteiger partial charge on any atom is -0.474 e. The van der Waals surface area contributed by atoms with Crippen molar-refractivity contribution >= 4 is 11.9 Å². The second kappa shape index (κ2) is 8.61. The number of carbonyl (C=O) groups excluding carboxylic acids is 2. The number of likely N-dealkylation sites (tertiary alicyclic amines) is 1. The number of amides is 1. The molecule has 0 radical (unpaired) electrons. The Morgan fingerprint density at radius 1 is 1.21 bits per heavy atom. The zero-order valence-corrected chi connectivity index (χ0v) is 14.6. The molecule has 0 N–H and O–H groups in total. The maximum absolute atomic E-state index is 12.1. The number of rotatable bonds is 6. The molecule has 0 aliphatic carbocycles. The number of hydrogen-bond donors (Lipinski definition) is 0. The topological polar surface area (TPSA) is 81.6 Å². The number of aromatic nitrogens is 2. The molecule has 0 saturated carbocycles. The van der Waals surface area contributed by atoms with Crippen LogP contribution in [0.4, 0.5) is 0 Å². The summed E-state index contributed by atoms with van der Waals surface area (Å²) in [6.45, 7) is 7.12. The van der Waals surface area contributed by atoms with Crippen LogP contribution in [-0.2, 0) is 14.3 Å². The molecule has 0 aromatic carbocycles. The highest BCUT2D eigenvalue weighted by Crippen LogP contribution is 2.18. The van der Waals surface area contributed by atoms with E-state index in [2.05, 4.69) is 9.97 Å². The van der Waals surface area contributed by atoms with Crippen molar-refractivity contribution in [3.63, 3.8) is 0 Å². The van der Waals surface area contributed by atoms with E-state index in [1.165, 1.54) is 0 Å². The quantitative estimate of drug-likeness (QED) is 0.738. The lowest BCUT2D eigenvalue weighted by atomic mass is 10.1. The number of esters is 1. The van der Waals surface area contributed by atoms with E-state index in [1.54, 1.807) is 11.8 Å². The molecule has 1 aliphatic rings. The van der Waals surface area contributed by atoms with Crippen molar-refractivity contribution in [2.24, 2.45) is 0 Å². The lowest BCUT2D eigenvalue weighted by Crippen LogP contribution is -2.42. The van der Waals surface area contributed by atoms with E-state index in [9.17, 15) is 9.59 Å². The van der Waals surface area contributed by atoms with E-state index in [0.29, 0.717) is 31.4 Å². The van der Waals surface area contributed by atoms with Crippen molar-refractivity contribution in [3.8, 4) is 5.88 Å². The molecule has 24 heavy (non-hydrogen) atoms. The Morgan fingerprint density at radius 3 is 2.54 bits per heavy atom. The molecule has 2 rings (SSSR count). The molecule has 2 heterocycles. The Balaban J connectivity index is 1.76. The smallest absolute Gasteiger partial charge is 0.306 e. The van der Waals surface area contributed by atoms with Crippen molar-refractivity contribution < 1.29 is 19.1 Å². The number of nitrogens with zero attached hydrogens (tertiary/aromatic N) is 3. The highest BCUT2D eigenvalue weighted by molar-refractivity contribution is 5.81. The first-order valence-electron chi connectivity index (χ1n) is 8.40. The molecule has 0 bridgehead atoms. The second-order valence-corrected chi connectivity index (χ2v) is 5.90. The first kappa shape index (κ1) is 18.2. The van der Waals surface area contributed by atoms with Gasteiger partial charge in [0.1, 0.15) is 11.9 Å². The maximum atomic E-state index is 12.1. The zero-order valence-electron chi connectivity index (χ0n) is 14.6. The normalized spacial score (nSPS) is 15.2. The van der Waals surface area contributed by atoms with Gasteiger partial charge >= 0.3 is 5.97 Å². The van der Waals surface area contributed by atoms with Crippen LogP contribution in [0.2, 0.25) is 0 Å². The van der Waals surface area contributed by atoms with Crippen LogP contribution in [-0.4, -0.2) is 52.5 Å². The fourth-order valence-electron chi connectivity index (χ4n) is 2.74. The minimum absolute atomic E-state index is 0.00442. The molecule has 1 fully saturated rings. The zero-order chi connectivity index (χ0) is 17.5. The third-order valence-electron chi connectivity index (χ3n) is 3.87. The molecule has 1 aromatic rings. The average molecular weight is 335 g/mol. The molecule has 1 aromatic heterocycles. The molecule has 0 unspecified atom stereocenters. The minimum atomic E-state index is -0.321. The number of carbonyl (C=O) groups is 2. The molecule has 7 heteroatoms. The fourth-order valence-corrected chi connectivity index (χ4v) is 2.74. The van der Waals surface area contributed by atoms with Gasteiger partial charge in [0.15, 0.2) is 0 Å². The Kier molecular flexibility index (Phi) is 6.52. The molecular formula is C17H25N3O4. The van der Waals surface area contributed by atoms with Gasteiger partial charge in [-0.05, 0) is 20.8 Å². The van der Waals surface area contributed by atoms with Crippen LogP contribution >= 0.6 is 0 Å². The number of piperidine rings is 1. The van der Waals surface area contributed by atoms with Gasteiger partial charge in [-0.3, -0.25) is 9.59 Å². The Labute approximate surface area is 142 Å². The van der Waals surface area contributed by atoms with Crippen LogP contribution in [0.15, 0.2) is 6.07 Å². The molecular weight excluding hydrogens is 310 g/mol. The van der Waals surface area contributed by atoms with Crippen molar-refractivity contribution in [2.75, 3.05) is 19.7 Å². The summed E-state index contributed by atoms with van der Waals surface area (Å²) in [5.74, 6) is 0.956. The molecule has 1 saturated heterocycles. The lowest BCUT2D eigenvalue weighted by molar-refractivity contribution is -0.146. The van der Waals surface area contributed by atoms with E-state index in [-0.39, 0.29) is 30.8 Å². The Morgan fingerprint density at radius 2 is 1.92 bits per heavy atom. The molecule has 7 nitrogen and oxygen atoms in total. The van der Waals surface area contributed by atoms with Gasteiger partial charge in [-0.25, -0.2) is 4.98 Å². The van der Waals surface area contributed by atoms with Crippen LogP contribution in [0.5, 0.6) is 5.88 Å². The number of ether oxygens (including phenoxy) is 2. The summed E-state index contributed by atoms with van der Waals surface area (Å²) in [6.07, 6.45) is 1.91. The van der Waals surface area contributed by atoms with Crippen molar-refractivity contribution in [1.29, 1.82) is 0 Å². The summed E-state index contributed by atoms with van der Waals surface area (Å²) in [4.78, 5) is 33.7. The number of hydrogen-bond acceptors (Lipinski definition) is 6. The van der Waals surface area contributed by atoms with E-state index >= 15 is 0 Å². The first-order valence-corrected chi connectivity index (χ1v) is 8.40. The van der Waals surface area contributed by atoms with E-state index in [4.69, 9.17) is 9.47 Å². The second-order valence-electron chi connectivity index (χ2n) is 5.90. The van der Waals surface area contributed by atoms with E-state index in [1.807, 2.05) is 19.9 Å². The summed E-state index contributed by atoms with van der Waals surface area (Å²) in [5.41, 5.74) is 0.879. The first-order chi connectivity index (χ1) is 11.5. The van der Waals surface area contributed by atoms with Crippen LogP contribution < -0.4 is 4.74 Å². The van der Waals surface area contributed by atoms with Gasteiger partial charge in [-0.15, -0.1) is 0 Å². The van der Waals surface area contributed by atoms with Crippen LogP contribution in [0.1, 0.15) is 44.1 Å². The lowest BCUT2D eigenvalue weighted by Gasteiger charge is -2.32. The largest absolute Gasteiger partial charge is 0.474 e. The Hall–Kier alpha value is -2.18. The predicted molar refractivity (Wildman–Crippen MR) is 87.6 cm³/mol. The molecule has 0 spiro atoms. The Bertz CT molecular complexity index is 563. The van der Waals surface area contributed by atoms with Gasteiger partial charge in [0, 0.05) is 44.1 Å². The van der Waals surface area contributed by atoms with Crippen LogP contribution in [0.3, 0.4) is 0 Å². The van der Waals surface area contributed by atoms with E-state index in [0.717, 1.165) is 18.5 Å². The summed E-state index contributed by atoms with van der Waals surface area (Å²) in [5, 5.41) is 0. The highest BCUT2D eigenvalue weighted by atomic mass is 16.5. The van der Waals surface area contributed by atoms with Gasteiger partial charge in [-0.1, -0.05) is 0 Å². The molecule has 132 valence electrons. The van der Waals surface area contributed by atoms with Crippen molar-refractivity contribution in [3.05, 3.63) is 17.6 Å². The fraction of sp³-hybridized carbons (Fsp3) is 0.647. The molecule has 1 aliphatic heterocycles. The van der Waals surface area contributed by atoms with Gasteiger partial charge in [0.2, 0.25) is 11.8 Å². The van der Waals surface area contributed by atoms with Gasteiger partial charge in [0.05, 0.1) is 13.0 Å². The van der Waals surface area contributed by atoms with Gasteiger partial charge < -0.3 is 14.4 Å². The number of aryl methyl sites for hydroxylation is 2. The van der Waals surface area contributed by atoms with Gasteiger partial charge in [-0.2, -0.15) is 4.98 Å². The molecule has 0 atom stereocenters. The van der Waals surface area contributed by atoms with Gasteiger partial charge in [0.25, 0.3) is 0 Å². The summed E-state index contributed by atoms with van der Waals surface area (Å²) in [7, 11) is 0. The monoisotopic (exact) mass is 335 g/mol. The van der Waals surface area contributed by atoms with E-state index < -0.39 is 0 Å².